The Balaban J connectivity index is 1.46. The molecule has 0 bridgehead atoms. The van der Waals surface area contributed by atoms with Gasteiger partial charge in [0, 0.05) is 0 Å². The van der Waals surface area contributed by atoms with Crippen LogP contribution in [-0.4, -0.2) is 50.3 Å². The van der Waals surface area contributed by atoms with Crippen LogP contribution in [0.5, 0.6) is 0 Å². The van der Waals surface area contributed by atoms with Crippen molar-refractivity contribution in [1.82, 2.24) is 0 Å². The Kier molecular flexibility index (Phi) is 14.8. The van der Waals surface area contributed by atoms with Gasteiger partial charge < -0.3 is 0 Å². The van der Waals surface area contributed by atoms with Crippen molar-refractivity contribution >= 4 is 30.0 Å². The van der Waals surface area contributed by atoms with Crippen LogP contribution in [0.15, 0.2) is 85.0 Å². The summed E-state index contributed by atoms with van der Waals surface area (Å²) < 4.78 is 27.5. The normalized spacial score (nSPS) is 10.3. The number of ether oxygens (including phenoxy) is 3. The minimum absolute atomic E-state index is 0.0322. The summed E-state index contributed by atoms with van der Waals surface area (Å²) in [7, 11) is 0. The van der Waals surface area contributed by atoms with Crippen LogP contribution in [0.25, 0.3) is 0 Å². The molecule has 0 fully saturated rings. The Labute approximate surface area is 228 Å². The van der Waals surface area contributed by atoms with Crippen molar-refractivity contribution in [1.29, 1.82) is 0 Å². The quantitative estimate of drug-likeness (QED) is 0.119. The van der Waals surface area contributed by atoms with Gasteiger partial charge in [-0.1, -0.05) is 0 Å². The summed E-state index contributed by atoms with van der Waals surface area (Å²) in [6.07, 6.45) is 4.09. The van der Waals surface area contributed by atoms with Crippen LogP contribution in [0.3, 0.4) is 0 Å². The van der Waals surface area contributed by atoms with Gasteiger partial charge in [0.2, 0.25) is 0 Å². The first-order chi connectivity index (χ1) is 17.0. The van der Waals surface area contributed by atoms with Crippen LogP contribution in [0, 0.1) is 0 Å². The Morgan fingerprint density at radius 1 is 0.543 bits per heavy atom. The van der Waals surface area contributed by atoms with Crippen molar-refractivity contribution in [3.8, 4) is 0 Å². The second-order valence-electron chi connectivity index (χ2n) is 6.80. The second-order valence-corrected chi connectivity index (χ2v) is 17.6. The molecule has 176 valence electrons. The predicted octanol–water partition coefficient (Wildman–Crippen LogP) is 0.934. The zero-order valence-electron chi connectivity index (χ0n) is 19.0. The Bertz CT molecular complexity index is 927. The van der Waals surface area contributed by atoms with Gasteiger partial charge in [0.15, 0.2) is 0 Å². The van der Waals surface area contributed by atoms with E-state index in [0.29, 0.717) is 0 Å². The van der Waals surface area contributed by atoms with E-state index in [1.165, 1.54) is 0 Å². The molecule has 0 aliphatic rings. The van der Waals surface area contributed by atoms with Gasteiger partial charge in [-0.15, -0.1) is 0 Å². The van der Waals surface area contributed by atoms with Gasteiger partial charge in [-0.3, -0.25) is 0 Å². The molecule has 0 aliphatic heterocycles. The van der Waals surface area contributed by atoms with Crippen molar-refractivity contribution in [2.45, 2.75) is 0 Å². The predicted molar refractivity (Wildman–Crippen MR) is 115 cm³/mol. The summed E-state index contributed by atoms with van der Waals surface area (Å²) in [5.74, 6) is -2.51. The molecule has 0 atom stereocenters. The first-order valence-corrected chi connectivity index (χ1v) is 20.7. The van der Waals surface area contributed by atoms with Gasteiger partial charge in [-0.2, -0.15) is 0 Å². The average molecular weight is 856 g/mol. The van der Waals surface area contributed by atoms with Gasteiger partial charge in [-0.25, -0.2) is 0 Å². The molecule has 0 radical (unpaired) electrons. The minimum atomic E-state index is -1.97. The van der Waals surface area contributed by atoms with E-state index in [-0.39, 0.29) is 26.4 Å². The van der Waals surface area contributed by atoms with Crippen molar-refractivity contribution < 1.29 is 88.7 Å². The molecule has 35 heavy (non-hydrogen) atoms. The molecule has 0 saturated carbocycles. The van der Waals surface area contributed by atoms with Crippen molar-refractivity contribution in [3.05, 3.63) is 85.0 Å². The SMILES string of the molecule is O=C(C=CC(=O)[O][Hg][c]1ccccc1)OCCOCCOC(=O)C=CC(=O)[O][Hg][c]1ccccc1. The number of benzene rings is 2. The maximum absolute atomic E-state index is 11.6. The van der Waals surface area contributed by atoms with Crippen LogP contribution < -0.4 is 6.14 Å². The molecule has 11 heteroatoms. The topological polar surface area (TPSA) is 114 Å². The van der Waals surface area contributed by atoms with Gasteiger partial charge in [-0.05, 0) is 0 Å². The molecule has 0 spiro atoms. The third-order valence-corrected chi connectivity index (χ3v) is 13.7. The molecule has 2 rings (SSSR count). The van der Waals surface area contributed by atoms with Gasteiger partial charge in [0.25, 0.3) is 0 Å². The molecule has 0 aliphatic carbocycles. The molecule has 9 nitrogen and oxygen atoms in total. The third-order valence-electron chi connectivity index (χ3n) is 4.10. The molecule has 0 unspecified atom stereocenters. The van der Waals surface area contributed by atoms with Gasteiger partial charge in [0.05, 0.1) is 0 Å². The zero-order chi connectivity index (χ0) is 25.1. The number of carbonyl (C=O) groups is 4. The van der Waals surface area contributed by atoms with Crippen LogP contribution in [0.4, 0.5) is 0 Å². The maximum atomic E-state index is 11.6. The number of hydrogen-bond donors (Lipinski definition) is 0. The fourth-order valence-corrected chi connectivity index (χ4v) is 9.19. The number of hydrogen-bond acceptors (Lipinski definition) is 9. The summed E-state index contributed by atoms with van der Waals surface area (Å²) >= 11 is -3.94. The van der Waals surface area contributed by atoms with Crippen molar-refractivity contribution in [2.24, 2.45) is 0 Å². The molecular weight excluding hydrogens is 833 g/mol. The van der Waals surface area contributed by atoms with E-state index in [0.717, 1.165) is 30.4 Å². The van der Waals surface area contributed by atoms with Crippen LogP contribution >= 0.6 is 0 Å². The van der Waals surface area contributed by atoms with E-state index < -0.39 is 73.9 Å². The molecule has 0 saturated heterocycles. The first kappa shape index (κ1) is 28.9. The summed E-state index contributed by atoms with van der Waals surface area (Å²) in [5, 5.41) is 0. The van der Waals surface area contributed by atoms with Crippen molar-refractivity contribution in [3.63, 3.8) is 0 Å². The first-order valence-electron chi connectivity index (χ1n) is 10.7. The molecule has 0 N–H and O–H groups in total. The van der Waals surface area contributed by atoms with Crippen LogP contribution in [-0.2, 0) is 88.7 Å². The molecule has 0 aromatic heterocycles. The summed E-state index contributed by atoms with van der Waals surface area (Å²) in [4.78, 5) is 46.5. The molecule has 0 amide bonds. The van der Waals surface area contributed by atoms with E-state index in [2.05, 4.69) is 0 Å². The monoisotopic (exact) mass is 858 g/mol. The molecule has 2 aromatic carbocycles. The summed E-state index contributed by atoms with van der Waals surface area (Å²) in [6.45, 7) is 0.106. The van der Waals surface area contributed by atoms with Gasteiger partial charge >= 0.3 is 230 Å². The van der Waals surface area contributed by atoms with E-state index in [4.69, 9.17) is 19.5 Å². The van der Waals surface area contributed by atoms with Crippen LogP contribution in [0.2, 0.25) is 0 Å². The number of carbonyl (C=O) groups excluding carboxylic acids is 4. The fourth-order valence-electron chi connectivity index (χ4n) is 2.43. The fraction of sp³-hybridized carbons (Fsp3) is 0.167. The standard InChI is InChI=1S/C12H14O9.2C6H5.2Hg/c13-9(14)1-3-11(17)20-7-5-19-6-8-21-12(18)4-2-10(15)16;2*1-2-4-6-5-3-1;;/h1-4H,5-8H2,(H,13,14)(H,15,16);2*1-5H;;/q;;;2*+1/p-2. The van der Waals surface area contributed by atoms with Crippen molar-refractivity contribution in [2.75, 3.05) is 26.4 Å². The van der Waals surface area contributed by atoms with E-state index in [1.54, 1.807) is 0 Å². The third kappa shape index (κ3) is 14.6. The Morgan fingerprint density at radius 2 is 0.914 bits per heavy atom. The number of esters is 2. The van der Waals surface area contributed by atoms with E-state index in [1.807, 2.05) is 60.7 Å². The summed E-state index contributed by atoms with van der Waals surface area (Å²) in [6, 6.07) is 19.0. The molecule has 0 heterocycles. The van der Waals surface area contributed by atoms with Gasteiger partial charge in [0.1, 0.15) is 0 Å². The summed E-state index contributed by atoms with van der Waals surface area (Å²) in [5.41, 5.74) is 0. The number of rotatable bonds is 14. The van der Waals surface area contributed by atoms with E-state index >= 15 is 0 Å². The Morgan fingerprint density at radius 3 is 1.31 bits per heavy atom. The average Bonchev–Trinajstić information content (AvgIpc) is 2.89. The van der Waals surface area contributed by atoms with E-state index in [9.17, 15) is 19.2 Å². The van der Waals surface area contributed by atoms with Crippen LogP contribution in [0.1, 0.15) is 0 Å². The zero-order valence-corrected chi connectivity index (χ0v) is 30.0. The Hall–Kier alpha value is -2.37. The second kappa shape index (κ2) is 18.0. The molecule has 2 aromatic rings. The molecular formula is C24H22Hg2O9.